The molecule has 2 fully saturated rings. The highest BCUT2D eigenvalue weighted by Crippen LogP contribution is 2.50. The van der Waals surface area contributed by atoms with Gasteiger partial charge in [-0.3, -0.25) is 0 Å². The van der Waals surface area contributed by atoms with Gasteiger partial charge in [-0.25, -0.2) is 0 Å². The van der Waals surface area contributed by atoms with Gasteiger partial charge in [0.2, 0.25) is 0 Å². The highest BCUT2D eigenvalue weighted by atomic mass is 28.4. The van der Waals surface area contributed by atoms with Crippen molar-refractivity contribution in [3.8, 4) is 12.3 Å². The fraction of sp³-hybridized carbons (Fsp3) is 0.882. The summed E-state index contributed by atoms with van der Waals surface area (Å²) >= 11 is 0. The van der Waals surface area contributed by atoms with Crippen molar-refractivity contribution in [1.82, 2.24) is 0 Å². The molecule has 19 heavy (non-hydrogen) atoms. The Balaban J connectivity index is 1.93. The van der Waals surface area contributed by atoms with Crippen molar-refractivity contribution in [3.05, 3.63) is 0 Å². The second kappa shape index (κ2) is 6.02. The first-order chi connectivity index (χ1) is 8.95. The maximum absolute atomic E-state index is 6.31. The minimum Gasteiger partial charge on any atom is -0.404 e. The molecule has 0 N–H and O–H groups in total. The number of hydrogen-bond donors (Lipinski definition) is 0. The molecule has 1 atom stereocenters. The molecule has 108 valence electrons. The predicted molar refractivity (Wildman–Crippen MR) is 84.5 cm³/mol. The number of rotatable bonds is 6. The van der Waals surface area contributed by atoms with Crippen molar-refractivity contribution in [2.45, 2.75) is 83.5 Å². The van der Waals surface area contributed by atoms with E-state index in [9.17, 15) is 0 Å². The normalized spacial score (nSPS) is 24.7. The number of terminal acetylenes is 1. The van der Waals surface area contributed by atoms with E-state index >= 15 is 0 Å². The summed E-state index contributed by atoms with van der Waals surface area (Å²) in [6.07, 6.45) is 18.3. The zero-order chi connectivity index (χ0) is 13.9. The predicted octanol–water partition coefficient (Wildman–Crippen LogP) is 4.98. The summed E-state index contributed by atoms with van der Waals surface area (Å²) in [6.45, 7) is 6.75. The van der Waals surface area contributed by atoms with Crippen LogP contribution in [0.25, 0.3) is 0 Å². The van der Waals surface area contributed by atoms with Crippen LogP contribution in [0.4, 0.5) is 0 Å². The van der Waals surface area contributed by atoms with Crippen LogP contribution >= 0.6 is 0 Å². The summed E-state index contributed by atoms with van der Waals surface area (Å²) in [6, 6.07) is 0. The van der Waals surface area contributed by atoms with E-state index in [1.165, 1.54) is 57.8 Å². The van der Waals surface area contributed by atoms with Crippen LogP contribution in [0.2, 0.25) is 19.6 Å². The quantitative estimate of drug-likeness (QED) is 0.492. The highest BCUT2D eigenvalue weighted by molar-refractivity contribution is 6.69. The van der Waals surface area contributed by atoms with Crippen LogP contribution in [0.1, 0.15) is 57.8 Å². The van der Waals surface area contributed by atoms with E-state index in [1.54, 1.807) is 0 Å². The average molecular weight is 279 g/mol. The van der Waals surface area contributed by atoms with Crippen molar-refractivity contribution in [2.75, 3.05) is 0 Å². The van der Waals surface area contributed by atoms with Gasteiger partial charge in [0.05, 0.1) is 0 Å². The van der Waals surface area contributed by atoms with Crippen LogP contribution in [0.5, 0.6) is 0 Å². The third kappa shape index (κ3) is 3.86. The van der Waals surface area contributed by atoms with Gasteiger partial charge in [0.1, 0.15) is 6.10 Å². The third-order valence-electron chi connectivity index (χ3n) is 5.05. The zero-order valence-corrected chi connectivity index (χ0v) is 14.0. The number of hydrogen-bond acceptors (Lipinski definition) is 1. The summed E-state index contributed by atoms with van der Waals surface area (Å²) in [5.41, 5.74) is 0.331. The topological polar surface area (TPSA) is 9.23 Å². The van der Waals surface area contributed by atoms with Crippen molar-refractivity contribution < 1.29 is 4.43 Å². The smallest absolute Gasteiger partial charge is 0.185 e. The Kier molecular flexibility index (Phi) is 4.79. The van der Waals surface area contributed by atoms with E-state index in [2.05, 4.69) is 25.6 Å². The van der Waals surface area contributed by atoms with Crippen LogP contribution < -0.4 is 0 Å². The second-order valence-electron chi connectivity index (χ2n) is 7.68. The average Bonchev–Trinajstić information content (AvgIpc) is 2.77. The Hall–Kier alpha value is -0.263. The molecular weight excluding hydrogens is 248 g/mol. The van der Waals surface area contributed by atoms with Gasteiger partial charge in [0, 0.05) is 5.41 Å². The summed E-state index contributed by atoms with van der Waals surface area (Å²) in [5.74, 6) is 3.96. The fourth-order valence-corrected chi connectivity index (χ4v) is 4.78. The first kappa shape index (κ1) is 15.1. The van der Waals surface area contributed by atoms with E-state index < -0.39 is 8.32 Å². The van der Waals surface area contributed by atoms with Crippen molar-refractivity contribution in [1.29, 1.82) is 0 Å². The molecule has 0 aliphatic heterocycles. The van der Waals surface area contributed by atoms with Gasteiger partial charge in [-0.1, -0.05) is 38.0 Å². The highest BCUT2D eigenvalue weighted by Gasteiger charge is 2.45. The van der Waals surface area contributed by atoms with E-state index in [4.69, 9.17) is 10.8 Å². The molecule has 1 unspecified atom stereocenters. The Morgan fingerprint density at radius 2 is 1.84 bits per heavy atom. The van der Waals surface area contributed by atoms with Gasteiger partial charge < -0.3 is 4.43 Å². The Morgan fingerprint density at radius 1 is 1.21 bits per heavy atom. The lowest BCUT2D eigenvalue weighted by Gasteiger charge is -2.48. The first-order valence-electron chi connectivity index (χ1n) is 8.09. The van der Waals surface area contributed by atoms with Gasteiger partial charge in [-0.15, -0.1) is 6.42 Å². The van der Waals surface area contributed by atoms with E-state index in [1.807, 2.05) is 0 Å². The van der Waals surface area contributed by atoms with E-state index in [0.29, 0.717) is 5.41 Å². The van der Waals surface area contributed by atoms with Crippen LogP contribution in [-0.2, 0) is 4.43 Å². The molecule has 0 spiro atoms. The second-order valence-corrected chi connectivity index (χ2v) is 12.1. The van der Waals surface area contributed by atoms with Crippen molar-refractivity contribution in [2.24, 2.45) is 11.3 Å². The summed E-state index contributed by atoms with van der Waals surface area (Å²) in [5, 5.41) is 0. The minimum atomic E-state index is -1.54. The molecule has 2 rings (SSSR count). The molecule has 0 amide bonds. The van der Waals surface area contributed by atoms with Gasteiger partial charge in [0.15, 0.2) is 8.32 Å². The molecule has 0 radical (unpaired) electrons. The molecular formula is C17H30OSi. The molecule has 2 aliphatic rings. The lowest BCUT2D eigenvalue weighted by Crippen LogP contribution is -2.47. The summed E-state index contributed by atoms with van der Waals surface area (Å²) < 4.78 is 6.31. The van der Waals surface area contributed by atoms with E-state index in [0.717, 1.165) is 5.92 Å². The van der Waals surface area contributed by atoms with Crippen molar-refractivity contribution in [3.63, 3.8) is 0 Å². The third-order valence-corrected chi connectivity index (χ3v) is 6.00. The molecule has 0 bridgehead atoms. The van der Waals surface area contributed by atoms with Gasteiger partial charge in [-0.05, 0) is 51.2 Å². The molecule has 2 heteroatoms. The molecule has 0 aromatic heterocycles. The molecule has 0 heterocycles. The molecule has 0 aromatic carbocycles. The van der Waals surface area contributed by atoms with Gasteiger partial charge >= 0.3 is 0 Å². The van der Waals surface area contributed by atoms with Gasteiger partial charge in [0.25, 0.3) is 0 Å². The monoisotopic (exact) mass is 278 g/mol. The Morgan fingerprint density at radius 3 is 2.26 bits per heavy atom. The van der Waals surface area contributed by atoms with Crippen LogP contribution in [0.3, 0.4) is 0 Å². The SMILES string of the molecule is C#CC(O[Si](C)(C)C)C1(CCC2CCCC2)CCC1. The molecule has 0 aromatic rings. The maximum atomic E-state index is 6.31. The summed E-state index contributed by atoms with van der Waals surface area (Å²) in [7, 11) is -1.54. The summed E-state index contributed by atoms with van der Waals surface area (Å²) in [4.78, 5) is 0. The minimum absolute atomic E-state index is 0.0781. The lowest BCUT2D eigenvalue weighted by atomic mass is 9.62. The van der Waals surface area contributed by atoms with Crippen LogP contribution in [0, 0.1) is 23.7 Å². The molecule has 2 saturated carbocycles. The van der Waals surface area contributed by atoms with Gasteiger partial charge in [-0.2, -0.15) is 0 Å². The zero-order valence-electron chi connectivity index (χ0n) is 13.0. The lowest BCUT2D eigenvalue weighted by molar-refractivity contribution is -0.00115. The Bertz CT molecular complexity index is 326. The Labute approximate surface area is 120 Å². The molecule has 0 saturated heterocycles. The molecule has 1 nitrogen and oxygen atoms in total. The maximum Gasteiger partial charge on any atom is 0.185 e. The standard InChI is InChI=1S/C17H30OSi/c1-5-16(18-19(2,3)4)17(12-8-13-17)14-11-15-9-6-7-10-15/h1,15-16H,6-14H2,2-4H3. The van der Waals surface area contributed by atoms with Crippen LogP contribution in [0.15, 0.2) is 0 Å². The van der Waals surface area contributed by atoms with Crippen LogP contribution in [-0.4, -0.2) is 14.4 Å². The molecule has 2 aliphatic carbocycles. The largest absolute Gasteiger partial charge is 0.404 e. The fourth-order valence-electron chi connectivity index (χ4n) is 3.75. The first-order valence-corrected chi connectivity index (χ1v) is 11.5. The van der Waals surface area contributed by atoms with Crippen molar-refractivity contribution >= 4 is 8.32 Å². The van der Waals surface area contributed by atoms with E-state index in [-0.39, 0.29) is 6.10 Å².